The van der Waals surface area contributed by atoms with Crippen LogP contribution < -0.4 is 20.1 Å². The van der Waals surface area contributed by atoms with Crippen LogP contribution in [0.1, 0.15) is 49.8 Å². The molecule has 41 heavy (non-hydrogen) atoms. The number of esters is 1. The summed E-state index contributed by atoms with van der Waals surface area (Å²) < 4.78 is 21.8. The SMILES string of the molecule is COc1cccc(CNC(=O)CC(NC(=O)OCC2c3ccccc3-c3ccccc32)C(=O)OC(C)(C)C)c1OC. The zero-order valence-corrected chi connectivity index (χ0v) is 24.0. The first kappa shape index (κ1) is 29.5. The van der Waals surface area contributed by atoms with E-state index in [2.05, 4.69) is 10.6 Å². The number of hydrogen-bond donors (Lipinski definition) is 2. The third kappa shape index (κ3) is 7.16. The van der Waals surface area contributed by atoms with Crippen molar-refractivity contribution in [3.05, 3.63) is 83.4 Å². The number of hydrogen-bond acceptors (Lipinski definition) is 7. The first-order valence-electron chi connectivity index (χ1n) is 13.4. The van der Waals surface area contributed by atoms with E-state index in [0.717, 1.165) is 22.3 Å². The van der Waals surface area contributed by atoms with Crippen molar-refractivity contribution in [1.82, 2.24) is 10.6 Å². The monoisotopic (exact) mass is 560 g/mol. The van der Waals surface area contributed by atoms with Gasteiger partial charge in [0.1, 0.15) is 18.2 Å². The molecule has 216 valence electrons. The highest BCUT2D eigenvalue weighted by molar-refractivity contribution is 5.88. The summed E-state index contributed by atoms with van der Waals surface area (Å²) in [6, 6.07) is 20.1. The molecule has 4 rings (SSSR count). The van der Waals surface area contributed by atoms with E-state index in [1.54, 1.807) is 39.0 Å². The van der Waals surface area contributed by atoms with Crippen LogP contribution in [0.5, 0.6) is 11.5 Å². The zero-order chi connectivity index (χ0) is 29.6. The molecule has 3 aromatic rings. The van der Waals surface area contributed by atoms with E-state index in [1.807, 2.05) is 48.5 Å². The Hall–Kier alpha value is -4.53. The third-order valence-electron chi connectivity index (χ3n) is 6.68. The third-order valence-corrected chi connectivity index (χ3v) is 6.68. The molecule has 1 unspecified atom stereocenters. The number of alkyl carbamates (subject to hydrolysis) is 1. The van der Waals surface area contributed by atoms with E-state index in [-0.39, 0.29) is 25.5 Å². The van der Waals surface area contributed by atoms with Crippen LogP contribution in [0.15, 0.2) is 66.7 Å². The molecule has 1 aliphatic rings. The van der Waals surface area contributed by atoms with Crippen molar-refractivity contribution in [2.24, 2.45) is 0 Å². The number of fused-ring (bicyclic) bond motifs is 3. The van der Waals surface area contributed by atoms with Gasteiger partial charge in [-0.25, -0.2) is 9.59 Å². The lowest BCUT2D eigenvalue weighted by Gasteiger charge is -2.24. The minimum absolute atomic E-state index is 0.0722. The molecule has 0 fully saturated rings. The smallest absolute Gasteiger partial charge is 0.407 e. The second-order valence-corrected chi connectivity index (χ2v) is 10.7. The fourth-order valence-electron chi connectivity index (χ4n) is 4.89. The van der Waals surface area contributed by atoms with Gasteiger partial charge in [-0.15, -0.1) is 0 Å². The van der Waals surface area contributed by atoms with Crippen molar-refractivity contribution in [2.45, 2.75) is 51.3 Å². The van der Waals surface area contributed by atoms with Crippen molar-refractivity contribution in [3.8, 4) is 22.6 Å². The maximum atomic E-state index is 13.0. The molecule has 1 aliphatic carbocycles. The average molecular weight is 561 g/mol. The Morgan fingerprint density at radius 2 is 1.49 bits per heavy atom. The molecule has 0 radical (unpaired) electrons. The minimum atomic E-state index is -1.25. The van der Waals surface area contributed by atoms with E-state index in [1.165, 1.54) is 14.2 Å². The summed E-state index contributed by atoms with van der Waals surface area (Å²) in [7, 11) is 3.04. The van der Waals surface area contributed by atoms with Crippen molar-refractivity contribution in [1.29, 1.82) is 0 Å². The topological polar surface area (TPSA) is 112 Å². The molecule has 0 aliphatic heterocycles. The highest BCUT2D eigenvalue weighted by atomic mass is 16.6. The molecule has 9 nitrogen and oxygen atoms in total. The molecule has 0 bridgehead atoms. The summed E-state index contributed by atoms with van der Waals surface area (Å²) in [5.41, 5.74) is 4.22. The van der Waals surface area contributed by atoms with Crippen LogP contribution in [0.3, 0.4) is 0 Å². The summed E-state index contributed by atoms with van der Waals surface area (Å²) in [4.78, 5) is 38.8. The van der Waals surface area contributed by atoms with E-state index in [0.29, 0.717) is 17.1 Å². The van der Waals surface area contributed by atoms with Crippen molar-refractivity contribution in [3.63, 3.8) is 0 Å². The Kier molecular flexibility index (Phi) is 9.17. The van der Waals surface area contributed by atoms with E-state index < -0.39 is 29.6 Å². The number of benzene rings is 3. The lowest BCUT2D eigenvalue weighted by atomic mass is 9.98. The molecule has 0 saturated heterocycles. The Morgan fingerprint density at radius 1 is 0.854 bits per heavy atom. The highest BCUT2D eigenvalue weighted by Gasteiger charge is 2.32. The summed E-state index contributed by atoms with van der Waals surface area (Å²) >= 11 is 0. The number of para-hydroxylation sites is 1. The number of amides is 2. The van der Waals surface area contributed by atoms with Crippen LogP contribution >= 0.6 is 0 Å². The van der Waals surface area contributed by atoms with Gasteiger partial charge in [-0.3, -0.25) is 4.79 Å². The van der Waals surface area contributed by atoms with Gasteiger partial charge in [0.05, 0.1) is 20.6 Å². The second kappa shape index (κ2) is 12.8. The molecule has 0 spiro atoms. The largest absolute Gasteiger partial charge is 0.493 e. The maximum Gasteiger partial charge on any atom is 0.407 e. The molecule has 1 atom stereocenters. The van der Waals surface area contributed by atoms with Crippen LogP contribution in [-0.4, -0.2) is 50.4 Å². The second-order valence-electron chi connectivity index (χ2n) is 10.7. The quantitative estimate of drug-likeness (QED) is 0.337. The number of methoxy groups -OCH3 is 2. The first-order chi connectivity index (χ1) is 19.6. The number of carbonyl (C=O) groups excluding carboxylic acids is 3. The van der Waals surface area contributed by atoms with Crippen molar-refractivity contribution >= 4 is 18.0 Å². The maximum absolute atomic E-state index is 13.0. The first-order valence-corrected chi connectivity index (χ1v) is 13.4. The van der Waals surface area contributed by atoms with Gasteiger partial charge in [0, 0.05) is 18.0 Å². The summed E-state index contributed by atoms with van der Waals surface area (Å²) in [6.45, 7) is 5.34. The molecule has 0 heterocycles. The Bertz CT molecular complexity index is 1370. The van der Waals surface area contributed by atoms with Crippen LogP contribution in [0.2, 0.25) is 0 Å². The van der Waals surface area contributed by atoms with Gasteiger partial charge < -0.3 is 29.6 Å². The van der Waals surface area contributed by atoms with Crippen LogP contribution in [0.25, 0.3) is 11.1 Å². The minimum Gasteiger partial charge on any atom is -0.493 e. The number of rotatable bonds is 10. The van der Waals surface area contributed by atoms with Gasteiger partial charge in [0.25, 0.3) is 0 Å². The molecule has 0 aromatic heterocycles. The summed E-state index contributed by atoms with van der Waals surface area (Å²) in [5, 5.41) is 5.31. The normalized spacial score (nSPS) is 12.9. The Balaban J connectivity index is 1.41. The lowest BCUT2D eigenvalue weighted by molar-refractivity contribution is -0.158. The molecule has 2 N–H and O–H groups in total. The van der Waals surface area contributed by atoms with Gasteiger partial charge in [0.15, 0.2) is 11.5 Å². The van der Waals surface area contributed by atoms with Gasteiger partial charge in [0.2, 0.25) is 5.91 Å². The molecule has 2 amide bonds. The lowest BCUT2D eigenvalue weighted by Crippen LogP contribution is -2.47. The van der Waals surface area contributed by atoms with Gasteiger partial charge in [-0.05, 0) is 49.1 Å². The zero-order valence-electron chi connectivity index (χ0n) is 24.0. The average Bonchev–Trinajstić information content (AvgIpc) is 3.27. The Labute approximate surface area is 240 Å². The summed E-state index contributed by atoms with van der Waals surface area (Å²) in [5.74, 6) is -0.322. The fourth-order valence-corrected chi connectivity index (χ4v) is 4.89. The van der Waals surface area contributed by atoms with Gasteiger partial charge >= 0.3 is 12.1 Å². The molecule has 3 aromatic carbocycles. The Morgan fingerprint density at radius 3 is 2.07 bits per heavy atom. The van der Waals surface area contributed by atoms with Crippen molar-refractivity contribution < 1.29 is 33.3 Å². The van der Waals surface area contributed by atoms with Gasteiger partial charge in [-0.1, -0.05) is 60.7 Å². The van der Waals surface area contributed by atoms with E-state index >= 15 is 0 Å². The predicted octanol–water partition coefficient (Wildman–Crippen LogP) is 4.96. The van der Waals surface area contributed by atoms with Crippen LogP contribution in [0, 0.1) is 0 Å². The van der Waals surface area contributed by atoms with Crippen molar-refractivity contribution in [2.75, 3.05) is 20.8 Å². The highest BCUT2D eigenvalue weighted by Crippen LogP contribution is 2.44. The number of nitrogens with one attached hydrogen (secondary N) is 2. The number of carbonyl (C=O) groups is 3. The number of ether oxygens (including phenoxy) is 4. The van der Waals surface area contributed by atoms with E-state index in [9.17, 15) is 14.4 Å². The predicted molar refractivity (Wildman–Crippen MR) is 154 cm³/mol. The molecular formula is C32H36N2O7. The molecule has 0 saturated carbocycles. The standard InChI is InChI=1S/C32H36N2O7/c1-32(2,3)41-30(36)26(17-28(35)33-18-20-11-10-16-27(38-4)29(20)39-5)34-31(37)40-19-25-23-14-8-6-12-21(23)22-13-7-9-15-24(22)25/h6-16,25-26H,17-19H2,1-5H3,(H,33,35)(H,34,37). The van der Waals surface area contributed by atoms with Gasteiger partial charge in [-0.2, -0.15) is 0 Å². The fraction of sp³-hybridized carbons (Fsp3) is 0.344. The van der Waals surface area contributed by atoms with E-state index in [4.69, 9.17) is 18.9 Å². The van der Waals surface area contributed by atoms with Crippen LogP contribution in [0.4, 0.5) is 4.79 Å². The summed E-state index contributed by atoms with van der Waals surface area (Å²) in [6.07, 6.45) is -1.16. The molecule has 9 heteroatoms. The molecular weight excluding hydrogens is 524 g/mol. The van der Waals surface area contributed by atoms with Crippen LogP contribution in [-0.2, 0) is 25.6 Å².